The maximum Gasteiger partial charge on any atom is 0.222 e. The van der Waals surface area contributed by atoms with Gasteiger partial charge in [0.05, 0.1) is 6.61 Å². The van der Waals surface area contributed by atoms with Gasteiger partial charge < -0.3 is 15.3 Å². The van der Waals surface area contributed by atoms with Gasteiger partial charge in [0.15, 0.2) is 0 Å². The molecule has 0 saturated carbocycles. The van der Waals surface area contributed by atoms with Crippen LogP contribution < -0.4 is 5.32 Å². The zero-order chi connectivity index (χ0) is 14.2. The molecule has 18 heavy (non-hydrogen) atoms. The number of β-amino-alcohol motifs (C(OH)–C–C–N with tert-alkyl or cyclic N) is 1. The Kier molecular flexibility index (Phi) is 7.59. The van der Waals surface area contributed by atoms with E-state index in [1.54, 1.807) is 11.8 Å². The van der Waals surface area contributed by atoms with Crippen molar-refractivity contribution in [2.24, 2.45) is 0 Å². The summed E-state index contributed by atoms with van der Waals surface area (Å²) in [6.45, 7) is 8.35. The van der Waals surface area contributed by atoms with E-state index < -0.39 is 0 Å². The van der Waals surface area contributed by atoms with Crippen LogP contribution in [-0.4, -0.2) is 47.1 Å². The lowest BCUT2D eigenvalue weighted by Gasteiger charge is -2.38. The zero-order valence-corrected chi connectivity index (χ0v) is 12.0. The summed E-state index contributed by atoms with van der Waals surface area (Å²) in [5.74, 6) is 0.0391. The molecular weight excluding hydrogens is 232 g/mol. The summed E-state index contributed by atoms with van der Waals surface area (Å²) in [6, 6.07) is 0. The highest BCUT2D eigenvalue weighted by molar-refractivity contribution is 5.77. The molecule has 0 unspecified atom stereocenters. The number of aliphatic hydroxyl groups excluding tert-OH is 1. The Balaban J connectivity index is 4.44. The number of amides is 2. The standard InChI is InChI=1S/C13H26N2O3/c1-5-11(17)14-8-7-13(3,4)15(9-10-16)12(18)6-2/h16H,5-10H2,1-4H3,(H,14,17). The largest absolute Gasteiger partial charge is 0.395 e. The number of rotatable bonds is 8. The van der Waals surface area contributed by atoms with Gasteiger partial charge in [0.1, 0.15) is 0 Å². The van der Waals surface area contributed by atoms with Crippen molar-refractivity contribution in [2.75, 3.05) is 19.7 Å². The molecule has 2 N–H and O–H groups in total. The predicted octanol–water partition coefficient (Wildman–Crippen LogP) is 0.912. The molecule has 0 radical (unpaired) electrons. The van der Waals surface area contributed by atoms with Gasteiger partial charge in [-0.05, 0) is 20.3 Å². The second-order valence-electron chi connectivity index (χ2n) is 4.89. The maximum absolute atomic E-state index is 11.8. The fourth-order valence-electron chi connectivity index (χ4n) is 1.82. The van der Waals surface area contributed by atoms with Gasteiger partial charge in [0, 0.05) is 31.5 Å². The molecule has 106 valence electrons. The molecule has 0 heterocycles. The monoisotopic (exact) mass is 258 g/mol. The Bertz CT molecular complexity index is 277. The molecule has 0 aromatic carbocycles. The predicted molar refractivity (Wildman–Crippen MR) is 71.1 cm³/mol. The van der Waals surface area contributed by atoms with Crippen molar-refractivity contribution in [3.8, 4) is 0 Å². The highest BCUT2D eigenvalue weighted by Gasteiger charge is 2.29. The summed E-state index contributed by atoms with van der Waals surface area (Å²) < 4.78 is 0. The third kappa shape index (κ3) is 5.49. The molecule has 0 aromatic heterocycles. The van der Waals surface area contributed by atoms with E-state index in [1.165, 1.54) is 0 Å². The number of carbonyl (C=O) groups excluding carboxylic acids is 2. The second kappa shape index (κ2) is 8.08. The summed E-state index contributed by atoms with van der Waals surface area (Å²) in [6.07, 6.45) is 1.56. The smallest absolute Gasteiger partial charge is 0.222 e. The molecule has 2 amide bonds. The normalized spacial score (nSPS) is 11.2. The van der Waals surface area contributed by atoms with Crippen LogP contribution >= 0.6 is 0 Å². The molecule has 0 aliphatic heterocycles. The van der Waals surface area contributed by atoms with Gasteiger partial charge in [-0.15, -0.1) is 0 Å². The van der Waals surface area contributed by atoms with Gasteiger partial charge in [-0.3, -0.25) is 9.59 Å². The van der Waals surface area contributed by atoms with Crippen LogP contribution in [0.15, 0.2) is 0 Å². The summed E-state index contributed by atoms with van der Waals surface area (Å²) in [5, 5.41) is 11.8. The summed E-state index contributed by atoms with van der Waals surface area (Å²) >= 11 is 0. The van der Waals surface area contributed by atoms with E-state index in [1.807, 2.05) is 20.8 Å². The van der Waals surface area contributed by atoms with Crippen LogP contribution in [0.4, 0.5) is 0 Å². The maximum atomic E-state index is 11.8. The Hall–Kier alpha value is -1.10. The van der Waals surface area contributed by atoms with Crippen molar-refractivity contribution in [3.05, 3.63) is 0 Å². The lowest BCUT2D eigenvalue weighted by atomic mass is 9.97. The minimum absolute atomic E-state index is 0.0151. The number of hydrogen-bond acceptors (Lipinski definition) is 3. The van der Waals surface area contributed by atoms with Crippen molar-refractivity contribution >= 4 is 11.8 Å². The molecular formula is C13H26N2O3. The van der Waals surface area contributed by atoms with Crippen LogP contribution in [0.2, 0.25) is 0 Å². The van der Waals surface area contributed by atoms with Crippen LogP contribution in [0.1, 0.15) is 47.0 Å². The van der Waals surface area contributed by atoms with Crippen LogP contribution in [-0.2, 0) is 9.59 Å². The number of nitrogens with zero attached hydrogens (tertiary/aromatic N) is 1. The van der Waals surface area contributed by atoms with Crippen molar-refractivity contribution in [3.63, 3.8) is 0 Å². The lowest BCUT2D eigenvalue weighted by molar-refractivity contribution is -0.137. The highest BCUT2D eigenvalue weighted by Crippen LogP contribution is 2.19. The third-order valence-electron chi connectivity index (χ3n) is 3.04. The van der Waals surface area contributed by atoms with Crippen LogP contribution in [0.5, 0.6) is 0 Å². The second-order valence-corrected chi connectivity index (χ2v) is 4.89. The van der Waals surface area contributed by atoms with E-state index >= 15 is 0 Å². The lowest BCUT2D eigenvalue weighted by Crippen LogP contribution is -2.50. The van der Waals surface area contributed by atoms with Crippen LogP contribution in [0.25, 0.3) is 0 Å². The van der Waals surface area contributed by atoms with E-state index in [0.29, 0.717) is 32.4 Å². The highest BCUT2D eigenvalue weighted by atomic mass is 16.3. The zero-order valence-electron chi connectivity index (χ0n) is 12.0. The van der Waals surface area contributed by atoms with Crippen molar-refractivity contribution in [1.29, 1.82) is 0 Å². The number of nitrogens with one attached hydrogen (secondary N) is 1. The van der Waals surface area contributed by atoms with E-state index in [2.05, 4.69) is 5.32 Å². The summed E-state index contributed by atoms with van der Waals surface area (Å²) in [5.41, 5.74) is -0.364. The molecule has 0 bridgehead atoms. The van der Waals surface area contributed by atoms with Crippen LogP contribution in [0.3, 0.4) is 0 Å². The van der Waals surface area contributed by atoms with Gasteiger partial charge in [-0.2, -0.15) is 0 Å². The number of carbonyl (C=O) groups is 2. The first kappa shape index (κ1) is 16.9. The Morgan fingerprint density at radius 3 is 2.28 bits per heavy atom. The SMILES string of the molecule is CCC(=O)NCCC(C)(C)N(CCO)C(=O)CC. The van der Waals surface area contributed by atoms with Gasteiger partial charge in [0.2, 0.25) is 11.8 Å². The van der Waals surface area contributed by atoms with Crippen molar-refractivity contribution in [1.82, 2.24) is 10.2 Å². The quantitative estimate of drug-likeness (QED) is 0.680. The average molecular weight is 258 g/mol. The Morgan fingerprint density at radius 2 is 1.83 bits per heavy atom. The molecule has 0 saturated heterocycles. The first-order valence-corrected chi connectivity index (χ1v) is 6.57. The summed E-state index contributed by atoms with van der Waals surface area (Å²) in [7, 11) is 0. The minimum Gasteiger partial charge on any atom is -0.395 e. The Morgan fingerprint density at radius 1 is 1.22 bits per heavy atom. The summed E-state index contributed by atoms with van der Waals surface area (Å²) in [4.78, 5) is 24.7. The molecule has 0 fully saturated rings. The van der Waals surface area contributed by atoms with Crippen molar-refractivity contribution < 1.29 is 14.7 Å². The third-order valence-corrected chi connectivity index (χ3v) is 3.04. The topological polar surface area (TPSA) is 69.6 Å². The molecule has 0 aliphatic rings. The number of hydrogen-bond donors (Lipinski definition) is 2. The molecule has 0 aliphatic carbocycles. The average Bonchev–Trinajstić information content (AvgIpc) is 2.34. The van der Waals surface area contributed by atoms with E-state index in [-0.39, 0.29) is 24.0 Å². The van der Waals surface area contributed by atoms with Crippen LogP contribution in [0, 0.1) is 0 Å². The molecule has 0 aromatic rings. The molecule has 5 nitrogen and oxygen atoms in total. The van der Waals surface area contributed by atoms with Gasteiger partial charge in [-0.1, -0.05) is 13.8 Å². The van der Waals surface area contributed by atoms with E-state index in [4.69, 9.17) is 5.11 Å². The van der Waals surface area contributed by atoms with Gasteiger partial charge in [-0.25, -0.2) is 0 Å². The first-order valence-electron chi connectivity index (χ1n) is 6.57. The van der Waals surface area contributed by atoms with Gasteiger partial charge in [0.25, 0.3) is 0 Å². The van der Waals surface area contributed by atoms with Crippen molar-refractivity contribution in [2.45, 2.75) is 52.5 Å². The molecule has 5 heteroatoms. The fourth-order valence-corrected chi connectivity index (χ4v) is 1.82. The minimum atomic E-state index is -0.364. The van der Waals surface area contributed by atoms with E-state index in [0.717, 1.165) is 0 Å². The Labute approximate surface area is 110 Å². The first-order chi connectivity index (χ1) is 8.38. The number of aliphatic hydroxyl groups is 1. The fraction of sp³-hybridized carbons (Fsp3) is 0.846. The molecule has 0 atom stereocenters. The molecule has 0 rings (SSSR count). The van der Waals surface area contributed by atoms with E-state index in [9.17, 15) is 9.59 Å². The van der Waals surface area contributed by atoms with Gasteiger partial charge >= 0.3 is 0 Å². The molecule has 0 spiro atoms.